The fourth-order valence-corrected chi connectivity index (χ4v) is 1.49. The summed E-state index contributed by atoms with van der Waals surface area (Å²) in [5, 5.41) is 10.5. The first-order valence-electron chi connectivity index (χ1n) is 3.12. The number of rotatable bonds is 1. The molecule has 5 heteroatoms. The summed E-state index contributed by atoms with van der Waals surface area (Å²) in [5.74, 6) is 0. The van der Waals surface area contributed by atoms with E-state index >= 15 is 0 Å². The maximum atomic E-state index is 10.4. The van der Waals surface area contributed by atoms with Crippen molar-refractivity contribution in [1.82, 2.24) is 0 Å². The monoisotopic (exact) mass is 249 g/mol. The molecule has 1 aromatic carbocycles. The Labute approximate surface area is 82.6 Å². The van der Waals surface area contributed by atoms with Crippen LogP contribution >= 0.6 is 27.5 Å². The van der Waals surface area contributed by atoms with Gasteiger partial charge in [0.05, 0.1) is 4.92 Å². The lowest BCUT2D eigenvalue weighted by Gasteiger charge is -1.99. The molecule has 0 bridgehead atoms. The maximum absolute atomic E-state index is 10.4. The van der Waals surface area contributed by atoms with Crippen LogP contribution < -0.4 is 0 Å². The van der Waals surface area contributed by atoms with Crippen LogP contribution in [-0.4, -0.2) is 4.92 Å². The predicted molar refractivity (Wildman–Crippen MR) is 50.5 cm³/mol. The Kier molecular flexibility index (Phi) is 2.69. The van der Waals surface area contributed by atoms with E-state index in [-0.39, 0.29) is 10.7 Å². The van der Waals surface area contributed by atoms with E-state index in [9.17, 15) is 10.1 Å². The van der Waals surface area contributed by atoms with Crippen LogP contribution in [0.4, 0.5) is 5.69 Å². The molecule has 0 fully saturated rings. The second-order valence-corrected chi connectivity index (χ2v) is 3.57. The van der Waals surface area contributed by atoms with Crippen LogP contribution in [0, 0.1) is 17.0 Å². The molecule has 0 saturated heterocycles. The lowest BCUT2D eigenvalue weighted by atomic mass is 10.2. The number of halogens is 2. The highest BCUT2D eigenvalue weighted by atomic mass is 79.9. The molecule has 0 aromatic heterocycles. The zero-order chi connectivity index (χ0) is 9.30. The summed E-state index contributed by atoms with van der Waals surface area (Å²) in [6, 6.07) is 2.96. The molecule has 0 heterocycles. The van der Waals surface area contributed by atoms with Gasteiger partial charge in [-0.25, -0.2) is 0 Å². The van der Waals surface area contributed by atoms with Crippen LogP contribution in [0.2, 0.25) is 5.02 Å². The number of aryl methyl sites for hydroxylation is 1. The average molecular weight is 250 g/mol. The maximum Gasteiger partial charge on any atom is 0.288 e. The molecule has 0 atom stereocenters. The summed E-state index contributed by atoms with van der Waals surface area (Å²) in [4.78, 5) is 9.89. The van der Waals surface area contributed by atoms with E-state index in [1.165, 1.54) is 12.1 Å². The van der Waals surface area contributed by atoms with Gasteiger partial charge in [0.2, 0.25) is 0 Å². The summed E-state index contributed by atoms with van der Waals surface area (Å²) in [5.41, 5.74) is 0.739. The highest BCUT2D eigenvalue weighted by Crippen LogP contribution is 2.30. The van der Waals surface area contributed by atoms with Gasteiger partial charge in [0, 0.05) is 10.5 Å². The molecule has 0 saturated carbocycles. The van der Waals surface area contributed by atoms with Gasteiger partial charge in [-0.15, -0.1) is 0 Å². The van der Waals surface area contributed by atoms with Crippen molar-refractivity contribution < 1.29 is 4.92 Å². The lowest BCUT2D eigenvalue weighted by Crippen LogP contribution is -1.90. The Hall–Kier alpha value is -0.610. The number of hydrogen-bond acceptors (Lipinski definition) is 2. The Bertz CT molecular complexity index is 340. The first kappa shape index (κ1) is 9.48. The molecule has 0 radical (unpaired) electrons. The normalized spacial score (nSPS) is 9.92. The summed E-state index contributed by atoms with van der Waals surface area (Å²) >= 11 is 8.85. The number of nitro groups is 1. The van der Waals surface area contributed by atoms with Gasteiger partial charge in [-0.2, -0.15) is 0 Å². The zero-order valence-electron chi connectivity index (χ0n) is 6.17. The van der Waals surface area contributed by atoms with Crippen molar-refractivity contribution in [3.05, 3.63) is 37.3 Å². The van der Waals surface area contributed by atoms with Gasteiger partial charge in [0.15, 0.2) is 0 Å². The van der Waals surface area contributed by atoms with Crippen LogP contribution in [0.1, 0.15) is 5.56 Å². The highest BCUT2D eigenvalue weighted by molar-refractivity contribution is 9.10. The molecule has 0 aliphatic carbocycles. The van der Waals surface area contributed by atoms with Crippen molar-refractivity contribution in [2.24, 2.45) is 0 Å². The summed E-state index contributed by atoms with van der Waals surface area (Å²) < 4.78 is 0.776. The van der Waals surface area contributed by atoms with Crippen molar-refractivity contribution in [2.45, 2.75) is 6.92 Å². The molecule has 1 rings (SSSR count). The molecule has 3 nitrogen and oxygen atoms in total. The van der Waals surface area contributed by atoms with Gasteiger partial charge in [0.25, 0.3) is 5.69 Å². The van der Waals surface area contributed by atoms with Crippen LogP contribution in [0.25, 0.3) is 0 Å². The van der Waals surface area contributed by atoms with Crippen LogP contribution in [0.5, 0.6) is 0 Å². The molecule has 0 unspecified atom stereocenters. The van der Waals surface area contributed by atoms with E-state index in [0.717, 1.165) is 10.0 Å². The van der Waals surface area contributed by atoms with E-state index in [1.54, 1.807) is 6.92 Å². The minimum Gasteiger partial charge on any atom is -0.258 e. The van der Waals surface area contributed by atoms with Gasteiger partial charge in [-0.1, -0.05) is 27.5 Å². The third kappa shape index (κ3) is 1.76. The largest absolute Gasteiger partial charge is 0.288 e. The minimum absolute atomic E-state index is 0.0580. The molecule has 0 aliphatic heterocycles. The lowest BCUT2D eigenvalue weighted by molar-refractivity contribution is -0.384. The van der Waals surface area contributed by atoms with Crippen molar-refractivity contribution in [3.8, 4) is 0 Å². The van der Waals surface area contributed by atoms with Crippen molar-refractivity contribution in [2.75, 3.05) is 0 Å². The first-order chi connectivity index (χ1) is 5.52. The third-order valence-corrected chi connectivity index (χ3v) is 2.58. The number of nitrogens with zero attached hydrogens (tertiary/aromatic N) is 1. The Morgan fingerprint density at radius 2 is 2.17 bits per heavy atom. The van der Waals surface area contributed by atoms with Crippen LogP contribution in [0.15, 0.2) is 16.6 Å². The standard InChI is InChI=1S/C7H5BrClNO2/c1-4-2-7(10(11)12)6(9)3-5(4)8/h2-3H,1H3. The van der Waals surface area contributed by atoms with E-state index in [1.807, 2.05) is 0 Å². The number of hydrogen-bond donors (Lipinski definition) is 0. The molecular formula is C7H5BrClNO2. The fraction of sp³-hybridized carbons (Fsp3) is 0.143. The summed E-state index contributed by atoms with van der Waals surface area (Å²) in [6.07, 6.45) is 0. The predicted octanol–water partition coefficient (Wildman–Crippen LogP) is 3.32. The number of benzene rings is 1. The van der Waals surface area contributed by atoms with Gasteiger partial charge in [0.1, 0.15) is 5.02 Å². The van der Waals surface area contributed by atoms with Gasteiger partial charge < -0.3 is 0 Å². The second kappa shape index (κ2) is 3.41. The SMILES string of the molecule is Cc1cc([N+](=O)[O-])c(Cl)cc1Br. The van der Waals surface area contributed by atoms with Crippen LogP contribution in [-0.2, 0) is 0 Å². The molecular weight excluding hydrogens is 245 g/mol. The smallest absolute Gasteiger partial charge is 0.258 e. The molecule has 0 spiro atoms. The molecule has 0 amide bonds. The fourth-order valence-electron chi connectivity index (χ4n) is 0.782. The van der Waals surface area contributed by atoms with Gasteiger partial charge in [-0.3, -0.25) is 10.1 Å². The van der Waals surface area contributed by atoms with Crippen LogP contribution in [0.3, 0.4) is 0 Å². The zero-order valence-corrected chi connectivity index (χ0v) is 8.52. The minimum atomic E-state index is -0.498. The summed E-state index contributed by atoms with van der Waals surface area (Å²) in [7, 11) is 0. The summed E-state index contributed by atoms with van der Waals surface area (Å²) in [6.45, 7) is 1.77. The van der Waals surface area contributed by atoms with E-state index in [0.29, 0.717) is 0 Å². The highest BCUT2D eigenvalue weighted by Gasteiger charge is 2.13. The number of nitro benzene ring substituents is 1. The van der Waals surface area contributed by atoms with E-state index in [2.05, 4.69) is 15.9 Å². The molecule has 64 valence electrons. The third-order valence-electron chi connectivity index (χ3n) is 1.42. The van der Waals surface area contributed by atoms with Crippen molar-refractivity contribution in [3.63, 3.8) is 0 Å². The molecule has 1 aromatic rings. The topological polar surface area (TPSA) is 43.1 Å². The van der Waals surface area contributed by atoms with E-state index < -0.39 is 4.92 Å². The Morgan fingerprint density at radius 3 is 2.67 bits per heavy atom. The van der Waals surface area contributed by atoms with Crippen molar-refractivity contribution >= 4 is 33.2 Å². The van der Waals surface area contributed by atoms with Gasteiger partial charge >= 0.3 is 0 Å². The molecule has 0 aliphatic rings. The second-order valence-electron chi connectivity index (χ2n) is 2.31. The first-order valence-corrected chi connectivity index (χ1v) is 4.29. The van der Waals surface area contributed by atoms with Gasteiger partial charge in [-0.05, 0) is 18.6 Å². The quantitative estimate of drug-likeness (QED) is 0.567. The Balaban J connectivity index is 3.33. The Morgan fingerprint density at radius 1 is 1.58 bits per heavy atom. The molecule has 0 N–H and O–H groups in total. The van der Waals surface area contributed by atoms with Crippen molar-refractivity contribution in [1.29, 1.82) is 0 Å². The van der Waals surface area contributed by atoms with E-state index in [4.69, 9.17) is 11.6 Å². The average Bonchev–Trinajstić information content (AvgIpc) is 1.96. The molecule has 12 heavy (non-hydrogen) atoms.